The second-order valence-corrected chi connectivity index (χ2v) is 11.2. The van der Waals surface area contributed by atoms with Gasteiger partial charge >= 0.3 is 5.97 Å². The average Bonchev–Trinajstić information content (AvgIpc) is 3.39. The maximum atomic E-state index is 13.3. The largest absolute Gasteiger partial charge is 0.493 e. The zero-order valence-electron chi connectivity index (χ0n) is 23.6. The third kappa shape index (κ3) is 5.38. The van der Waals surface area contributed by atoms with E-state index in [1.807, 2.05) is 12.1 Å². The average molecular weight is 586 g/mol. The molecule has 1 atom stereocenters. The lowest BCUT2D eigenvalue weighted by Crippen LogP contribution is -2.38. The van der Waals surface area contributed by atoms with E-state index in [1.165, 1.54) is 43.9 Å². The number of esters is 1. The lowest BCUT2D eigenvalue weighted by atomic mass is 10.00. The molecule has 0 aliphatic carbocycles. The Hall–Kier alpha value is -4.54. The Morgan fingerprint density at radius 3 is 2.43 bits per heavy atom. The minimum absolute atomic E-state index is 0.0948. The smallest absolute Gasteiger partial charge is 0.343 e. The highest BCUT2D eigenvalue weighted by Crippen LogP contribution is 2.42. The van der Waals surface area contributed by atoms with Crippen molar-refractivity contribution in [1.82, 2.24) is 10.2 Å². The molecule has 0 unspecified atom stereocenters. The third-order valence-corrected chi connectivity index (χ3v) is 8.61. The number of nitrogens with one attached hydrogen (secondary N) is 2. The molecule has 0 radical (unpaired) electrons. The number of carbonyl (C=O) groups is 2. The molecule has 0 bridgehead atoms. The fraction of sp³-hybridized carbons (Fsp3) is 0.250. The molecule has 216 valence electrons. The van der Waals surface area contributed by atoms with E-state index in [0.29, 0.717) is 23.0 Å². The van der Waals surface area contributed by atoms with Crippen LogP contribution in [0.2, 0.25) is 0 Å². The minimum Gasteiger partial charge on any atom is -0.493 e. The van der Waals surface area contributed by atoms with Crippen LogP contribution in [-0.2, 0) is 19.5 Å². The van der Waals surface area contributed by atoms with Crippen LogP contribution in [0.25, 0.3) is 0 Å². The van der Waals surface area contributed by atoms with Gasteiger partial charge in [-0.05, 0) is 47.4 Å². The Bertz CT molecular complexity index is 1610. The highest BCUT2D eigenvalue weighted by Gasteiger charge is 2.33. The topological polar surface area (TPSA) is 98.4 Å². The predicted molar refractivity (Wildman–Crippen MR) is 160 cm³/mol. The molecule has 2 aliphatic heterocycles. The van der Waals surface area contributed by atoms with Crippen molar-refractivity contribution in [1.29, 1.82) is 0 Å². The molecule has 1 amide bonds. The van der Waals surface area contributed by atoms with Crippen LogP contribution in [0.5, 0.6) is 23.0 Å². The van der Waals surface area contributed by atoms with Gasteiger partial charge in [-0.15, -0.1) is 11.3 Å². The number of carbonyl (C=O) groups excluding carboxylic acids is 2. The minimum atomic E-state index is -0.583. The summed E-state index contributed by atoms with van der Waals surface area (Å²) in [5, 5.41) is 7.46. The number of benzene rings is 3. The molecule has 6 rings (SSSR count). The number of anilines is 1. The van der Waals surface area contributed by atoms with Crippen LogP contribution in [0.1, 0.15) is 48.4 Å². The fourth-order valence-electron chi connectivity index (χ4n) is 5.43. The van der Waals surface area contributed by atoms with Crippen LogP contribution in [0.3, 0.4) is 0 Å². The lowest BCUT2D eigenvalue weighted by Gasteiger charge is -2.28. The molecule has 9 nitrogen and oxygen atoms in total. The van der Waals surface area contributed by atoms with Gasteiger partial charge in [-0.25, -0.2) is 4.79 Å². The van der Waals surface area contributed by atoms with Crippen molar-refractivity contribution in [2.75, 3.05) is 33.2 Å². The summed E-state index contributed by atoms with van der Waals surface area (Å²) in [6.45, 7) is 2.60. The first-order chi connectivity index (χ1) is 20.5. The number of rotatable bonds is 8. The normalized spacial score (nSPS) is 16.0. The van der Waals surface area contributed by atoms with Gasteiger partial charge in [0.05, 0.1) is 32.5 Å². The van der Waals surface area contributed by atoms with E-state index in [1.54, 1.807) is 29.5 Å². The second kappa shape index (κ2) is 11.8. The van der Waals surface area contributed by atoms with Crippen molar-refractivity contribution < 1.29 is 28.5 Å². The van der Waals surface area contributed by atoms with Gasteiger partial charge in [-0.1, -0.05) is 42.5 Å². The zero-order chi connectivity index (χ0) is 29.2. The van der Waals surface area contributed by atoms with E-state index < -0.39 is 12.1 Å². The Kier molecular flexibility index (Phi) is 7.73. The quantitative estimate of drug-likeness (QED) is 0.209. The first kappa shape index (κ1) is 27.6. The predicted octanol–water partition coefficient (Wildman–Crippen LogP) is 5.41. The summed E-state index contributed by atoms with van der Waals surface area (Å²) in [6, 6.07) is 20.6. The zero-order valence-corrected chi connectivity index (χ0v) is 24.4. The van der Waals surface area contributed by atoms with Gasteiger partial charge in [0.25, 0.3) is 5.91 Å². The van der Waals surface area contributed by atoms with Gasteiger partial charge in [-0.2, -0.15) is 0 Å². The number of amides is 1. The maximum Gasteiger partial charge on any atom is 0.343 e. The molecule has 42 heavy (non-hydrogen) atoms. The van der Waals surface area contributed by atoms with Crippen molar-refractivity contribution >= 4 is 28.2 Å². The number of thiophene rings is 1. The highest BCUT2D eigenvalue weighted by molar-refractivity contribution is 7.16. The van der Waals surface area contributed by atoms with Gasteiger partial charge in [0.15, 0.2) is 11.5 Å². The number of hydrogen-bond donors (Lipinski definition) is 2. The number of hydrogen-bond acceptors (Lipinski definition) is 9. The van der Waals surface area contributed by atoms with E-state index in [9.17, 15) is 9.59 Å². The van der Waals surface area contributed by atoms with Gasteiger partial charge < -0.3 is 29.6 Å². The number of ether oxygens (including phenoxy) is 4. The first-order valence-electron chi connectivity index (χ1n) is 13.6. The molecular formula is C32H31N3O6S. The van der Waals surface area contributed by atoms with E-state index in [0.717, 1.165) is 47.7 Å². The summed E-state index contributed by atoms with van der Waals surface area (Å²) >= 11 is 1.64. The van der Waals surface area contributed by atoms with Crippen LogP contribution in [-0.4, -0.2) is 44.7 Å². The van der Waals surface area contributed by atoms with E-state index in [-0.39, 0.29) is 11.5 Å². The van der Waals surface area contributed by atoms with Gasteiger partial charge in [0.1, 0.15) is 16.9 Å². The summed E-state index contributed by atoms with van der Waals surface area (Å²) in [7, 11) is 4.46. The molecule has 2 N–H and O–H groups in total. The Morgan fingerprint density at radius 1 is 0.952 bits per heavy atom. The SMILES string of the molecule is COc1cc(C(=O)Oc2cccc([C@@H]3NC(=O)c4c(sc5c4CCN(Cc4ccccc4)C5)N3)c2)cc(OC)c1OC. The number of nitrogens with zero attached hydrogens (tertiary/aromatic N) is 1. The van der Waals surface area contributed by atoms with E-state index >= 15 is 0 Å². The number of fused-ring (bicyclic) bond motifs is 3. The van der Waals surface area contributed by atoms with Crippen LogP contribution in [0, 0.1) is 0 Å². The molecule has 2 aliphatic rings. The van der Waals surface area contributed by atoms with E-state index in [4.69, 9.17) is 18.9 Å². The molecule has 0 spiro atoms. The molecule has 3 heterocycles. The Balaban J connectivity index is 1.18. The van der Waals surface area contributed by atoms with Crippen molar-refractivity contribution in [3.8, 4) is 23.0 Å². The summed E-state index contributed by atoms with van der Waals surface area (Å²) in [4.78, 5) is 30.0. The highest BCUT2D eigenvalue weighted by atomic mass is 32.1. The van der Waals surface area contributed by atoms with Crippen molar-refractivity contribution in [3.63, 3.8) is 0 Å². The van der Waals surface area contributed by atoms with Crippen molar-refractivity contribution in [3.05, 3.63) is 99.4 Å². The van der Waals surface area contributed by atoms with Gasteiger partial charge in [-0.3, -0.25) is 9.69 Å². The molecule has 1 aromatic heterocycles. The molecule has 3 aromatic carbocycles. The van der Waals surface area contributed by atoms with Crippen LogP contribution in [0.4, 0.5) is 5.00 Å². The van der Waals surface area contributed by atoms with Crippen molar-refractivity contribution in [2.45, 2.75) is 25.7 Å². The molecular weight excluding hydrogens is 554 g/mol. The van der Waals surface area contributed by atoms with Crippen LogP contribution in [0.15, 0.2) is 66.7 Å². The first-order valence-corrected chi connectivity index (χ1v) is 14.4. The van der Waals surface area contributed by atoms with Crippen LogP contribution >= 0.6 is 11.3 Å². The second-order valence-electron chi connectivity index (χ2n) is 10.1. The monoisotopic (exact) mass is 585 g/mol. The molecule has 0 saturated heterocycles. The fourth-order valence-corrected chi connectivity index (χ4v) is 6.75. The maximum absolute atomic E-state index is 13.3. The summed E-state index contributed by atoms with van der Waals surface area (Å²) in [5.74, 6) is 0.753. The van der Waals surface area contributed by atoms with Crippen LogP contribution < -0.4 is 29.6 Å². The lowest BCUT2D eigenvalue weighted by molar-refractivity contribution is 0.0733. The summed E-state index contributed by atoms with van der Waals surface area (Å²) in [6.07, 6.45) is 0.366. The number of methoxy groups -OCH3 is 3. The third-order valence-electron chi connectivity index (χ3n) is 7.47. The molecule has 4 aromatic rings. The Morgan fingerprint density at radius 2 is 1.71 bits per heavy atom. The Labute approximate surface area is 248 Å². The van der Waals surface area contributed by atoms with Gasteiger partial charge in [0, 0.05) is 24.5 Å². The van der Waals surface area contributed by atoms with E-state index in [2.05, 4.69) is 39.8 Å². The molecule has 10 heteroatoms. The molecule has 0 saturated carbocycles. The molecule has 0 fully saturated rings. The van der Waals surface area contributed by atoms with Gasteiger partial charge in [0.2, 0.25) is 5.75 Å². The summed E-state index contributed by atoms with van der Waals surface area (Å²) < 4.78 is 21.7. The van der Waals surface area contributed by atoms with Crippen molar-refractivity contribution in [2.24, 2.45) is 0 Å². The summed E-state index contributed by atoms with van der Waals surface area (Å²) in [5.41, 5.74) is 4.17. The standard InChI is InChI=1S/C32H31N3O6S/c1-38-24-15-21(16-25(39-2)28(24)40-3)32(37)41-22-11-7-10-20(14-22)29-33-30(36)27-23-12-13-35(17-19-8-5-4-6-9-19)18-26(23)42-31(27)34-29/h4-11,14-16,29,34H,12-13,17-18H2,1-3H3,(H,33,36)/t29-/m1/s1.